The van der Waals surface area contributed by atoms with Gasteiger partial charge in [0, 0.05) is 11.0 Å². The zero-order valence-corrected chi connectivity index (χ0v) is 15.7. The molecule has 1 aromatic heterocycles. The number of nitrogens with one attached hydrogen (secondary N) is 1. The van der Waals surface area contributed by atoms with Gasteiger partial charge in [0.1, 0.15) is 17.6 Å². The summed E-state index contributed by atoms with van der Waals surface area (Å²) in [4.78, 5) is 33.9. The Balaban J connectivity index is 1.62. The van der Waals surface area contributed by atoms with Crippen molar-refractivity contribution >= 4 is 17.8 Å². The molecule has 1 aliphatic heterocycles. The number of ether oxygens (including phenoxy) is 2. The van der Waals surface area contributed by atoms with Crippen molar-refractivity contribution in [2.75, 3.05) is 19.8 Å². The van der Waals surface area contributed by atoms with Gasteiger partial charge in [-0.3, -0.25) is 9.59 Å². The Morgan fingerprint density at radius 2 is 1.83 bits per heavy atom. The molecular formula is C20H21NO8. The van der Waals surface area contributed by atoms with Gasteiger partial charge in [-0.2, -0.15) is 0 Å². The van der Waals surface area contributed by atoms with E-state index in [0.717, 1.165) is 0 Å². The van der Waals surface area contributed by atoms with Crippen molar-refractivity contribution in [3.05, 3.63) is 42.2 Å². The lowest BCUT2D eigenvalue weighted by atomic mass is 9.90. The lowest BCUT2D eigenvalue weighted by Gasteiger charge is -2.37. The lowest BCUT2D eigenvalue weighted by molar-refractivity contribution is -0.145. The molecule has 9 heteroatoms. The molecule has 1 amide bonds. The molecule has 0 aliphatic carbocycles. The molecule has 29 heavy (non-hydrogen) atoms. The van der Waals surface area contributed by atoms with Crippen LogP contribution in [0.25, 0.3) is 11.3 Å². The number of aliphatic carboxylic acids is 2. The Morgan fingerprint density at radius 3 is 2.38 bits per heavy atom. The summed E-state index contributed by atoms with van der Waals surface area (Å²) in [5.41, 5.74) is 0.742. The van der Waals surface area contributed by atoms with E-state index < -0.39 is 30.3 Å². The van der Waals surface area contributed by atoms with Crippen molar-refractivity contribution in [2.45, 2.75) is 19.4 Å². The van der Waals surface area contributed by atoms with E-state index in [2.05, 4.69) is 12.2 Å². The molecule has 0 unspecified atom stereocenters. The van der Waals surface area contributed by atoms with Crippen molar-refractivity contribution in [2.24, 2.45) is 5.41 Å². The van der Waals surface area contributed by atoms with Crippen molar-refractivity contribution in [3.8, 4) is 17.1 Å². The zero-order chi connectivity index (χ0) is 21.0. The van der Waals surface area contributed by atoms with Gasteiger partial charge in [-0.1, -0.05) is 6.92 Å². The third kappa shape index (κ3) is 5.14. The monoisotopic (exact) mass is 403 g/mol. The molecule has 154 valence electrons. The Kier molecular flexibility index (Phi) is 5.88. The van der Waals surface area contributed by atoms with Crippen LogP contribution in [0.5, 0.6) is 5.75 Å². The van der Waals surface area contributed by atoms with E-state index in [-0.39, 0.29) is 11.2 Å². The van der Waals surface area contributed by atoms with Crippen molar-refractivity contribution in [1.82, 2.24) is 5.32 Å². The molecule has 1 fully saturated rings. The largest absolute Gasteiger partial charge is 0.493 e. The minimum atomic E-state index is -1.55. The summed E-state index contributed by atoms with van der Waals surface area (Å²) in [5.74, 6) is -2.59. The van der Waals surface area contributed by atoms with Crippen LogP contribution in [0.3, 0.4) is 0 Å². The second kappa shape index (κ2) is 8.36. The predicted molar refractivity (Wildman–Crippen MR) is 99.7 cm³/mol. The zero-order valence-electron chi connectivity index (χ0n) is 15.7. The highest BCUT2D eigenvalue weighted by Gasteiger charge is 2.34. The molecule has 0 saturated carbocycles. The summed E-state index contributed by atoms with van der Waals surface area (Å²) in [6, 6.07) is 8.55. The molecule has 0 radical (unpaired) electrons. The number of amides is 1. The Bertz CT molecular complexity index is 897. The van der Waals surface area contributed by atoms with Crippen LogP contribution in [0.2, 0.25) is 0 Å². The number of carbonyl (C=O) groups is 3. The minimum absolute atomic E-state index is 0.0381. The summed E-state index contributed by atoms with van der Waals surface area (Å²) in [7, 11) is 0. The maximum absolute atomic E-state index is 12.2. The maximum atomic E-state index is 12.2. The molecule has 3 rings (SSSR count). The molecule has 1 saturated heterocycles. The second-order valence-electron chi connectivity index (χ2n) is 7.24. The Hall–Kier alpha value is -3.33. The van der Waals surface area contributed by atoms with Gasteiger partial charge in [-0.05, 0) is 36.4 Å². The van der Waals surface area contributed by atoms with Gasteiger partial charge in [-0.15, -0.1) is 0 Å². The van der Waals surface area contributed by atoms with E-state index in [9.17, 15) is 14.4 Å². The number of rotatable bonds is 9. The third-order valence-electron chi connectivity index (χ3n) is 4.44. The standard InChI is InChI=1S/C20H21NO8/c1-20(9-27-10-20)11-28-13-4-2-12(3-5-13)15-6-7-16(29-15)18(24)21-14(19(25)26)8-17(22)23/h2-7,14H,8-11H2,1H3,(H,21,24)(H,22,23)(H,25,26)/t14-/m0/s1. The summed E-state index contributed by atoms with van der Waals surface area (Å²) in [5, 5.41) is 19.9. The van der Waals surface area contributed by atoms with Gasteiger partial charge >= 0.3 is 11.9 Å². The van der Waals surface area contributed by atoms with E-state index in [0.29, 0.717) is 36.9 Å². The van der Waals surface area contributed by atoms with Gasteiger partial charge in [0.15, 0.2) is 5.76 Å². The van der Waals surface area contributed by atoms with Crippen LogP contribution < -0.4 is 10.1 Å². The van der Waals surface area contributed by atoms with Crippen molar-refractivity contribution < 1.29 is 38.5 Å². The summed E-state index contributed by atoms with van der Waals surface area (Å²) < 4.78 is 16.4. The normalized spacial score (nSPS) is 15.8. The number of hydrogen-bond acceptors (Lipinski definition) is 6. The summed E-state index contributed by atoms with van der Waals surface area (Å²) in [6.07, 6.45) is -0.735. The van der Waals surface area contributed by atoms with Gasteiger partial charge in [0.25, 0.3) is 5.91 Å². The fourth-order valence-corrected chi connectivity index (χ4v) is 2.73. The van der Waals surface area contributed by atoms with E-state index in [1.54, 1.807) is 30.3 Å². The first-order chi connectivity index (χ1) is 13.8. The SMILES string of the molecule is CC1(COc2ccc(-c3ccc(C(=O)N[C@@H](CC(=O)O)C(=O)O)o3)cc2)COC1. The number of carbonyl (C=O) groups excluding carboxylic acids is 1. The second-order valence-corrected chi connectivity index (χ2v) is 7.24. The lowest BCUT2D eigenvalue weighted by Crippen LogP contribution is -2.44. The highest BCUT2D eigenvalue weighted by molar-refractivity contribution is 5.95. The summed E-state index contributed by atoms with van der Waals surface area (Å²) in [6.45, 7) is 4.00. The van der Waals surface area contributed by atoms with Gasteiger partial charge in [0.2, 0.25) is 0 Å². The van der Waals surface area contributed by atoms with Crippen LogP contribution in [0.15, 0.2) is 40.8 Å². The van der Waals surface area contributed by atoms with Crippen LogP contribution in [0.1, 0.15) is 23.9 Å². The quantitative estimate of drug-likeness (QED) is 0.579. The van der Waals surface area contributed by atoms with Gasteiger partial charge in [0.05, 0.1) is 26.2 Å². The maximum Gasteiger partial charge on any atom is 0.326 e. The number of hydrogen-bond donors (Lipinski definition) is 3. The molecule has 2 aromatic rings. The fraction of sp³-hybridized carbons (Fsp3) is 0.350. The third-order valence-corrected chi connectivity index (χ3v) is 4.44. The molecule has 1 atom stereocenters. The molecular weight excluding hydrogens is 382 g/mol. The molecule has 0 bridgehead atoms. The molecule has 1 aromatic carbocycles. The van der Waals surface area contributed by atoms with Crippen molar-refractivity contribution in [1.29, 1.82) is 0 Å². The first-order valence-electron chi connectivity index (χ1n) is 8.92. The number of carboxylic acids is 2. The van der Waals surface area contributed by atoms with Crippen LogP contribution >= 0.6 is 0 Å². The van der Waals surface area contributed by atoms with Crippen LogP contribution in [-0.4, -0.2) is 53.9 Å². The average Bonchev–Trinajstić information content (AvgIpc) is 3.14. The topological polar surface area (TPSA) is 135 Å². The minimum Gasteiger partial charge on any atom is -0.493 e. The molecule has 0 spiro atoms. The van der Waals surface area contributed by atoms with Gasteiger partial charge in [-0.25, -0.2) is 4.79 Å². The number of carboxylic acid groups (broad SMARTS) is 2. The first kappa shape index (κ1) is 20.4. The Labute approximate surface area is 166 Å². The van der Waals surface area contributed by atoms with Gasteiger partial charge < -0.3 is 29.4 Å². The molecule has 1 aliphatic rings. The van der Waals surface area contributed by atoms with E-state index >= 15 is 0 Å². The average molecular weight is 403 g/mol. The number of benzene rings is 1. The fourth-order valence-electron chi connectivity index (χ4n) is 2.73. The number of furan rings is 1. The highest BCUT2D eigenvalue weighted by atomic mass is 16.5. The smallest absolute Gasteiger partial charge is 0.326 e. The predicted octanol–water partition coefficient (Wildman–Crippen LogP) is 2.02. The highest BCUT2D eigenvalue weighted by Crippen LogP contribution is 2.29. The summed E-state index contributed by atoms with van der Waals surface area (Å²) >= 11 is 0. The van der Waals surface area contributed by atoms with Crippen LogP contribution in [0, 0.1) is 5.41 Å². The molecule has 9 nitrogen and oxygen atoms in total. The van der Waals surface area contributed by atoms with Crippen molar-refractivity contribution in [3.63, 3.8) is 0 Å². The van der Waals surface area contributed by atoms with Crippen LogP contribution in [0.4, 0.5) is 0 Å². The van der Waals surface area contributed by atoms with E-state index in [1.165, 1.54) is 6.07 Å². The first-order valence-corrected chi connectivity index (χ1v) is 8.92. The molecule has 3 N–H and O–H groups in total. The van der Waals surface area contributed by atoms with E-state index in [4.69, 9.17) is 24.1 Å². The molecule has 2 heterocycles. The Morgan fingerprint density at radius 1 is 1.14 bits per heavy atom. The van der Waals surface area contributed by atoms with Crippen LogP contribution in [-0.2, 0) is 14.3 Å². The van der Waals surface area contributed by atoms with E-state index in [1.807, 2.05) is 0 Å².